The van der Waals surface area contributed by atoms with Crippen LogP contribution in [0.1, 0.15) is 0 Å². The number of ether oxygens (including phenoxy) is 2. The molecule has 4 rings (SSSR count). The van der Waals surface area contributed by atoms with Gasteiger partial charge in [0, 0.05) is 0 Å². The smallest absolute Gasteiger partial charge is 0.357 e. The van der Waals surface area contributed by atoms with Crippen molar-refractivity contribution in [1.29, 1.82) is 0 Å². The van der Waals surface area contributed by atoms with Crippen LogP contribution in [0.3, 0.4) is 0 Å². The Morgan fingerprint density at radius 3 is 1.24 bits per heavy atom. The number of phenolic OH excluding ortho intramolecular Hbond substituents is 2. The summed E-state index contributed by atoms with van der Waals surface area (Å²) >= 11 is 8.17. The summed E-state index contributed by atoms with van der Waals surface area (Å²) in [7, 11) is 0. The Morgan fingerprint density at radius 2 is 0.879 bits per heavy atom. The van der Waals surface area contributed by atoms with Gasteiger partial charge >= 0.3 is 21.2 Å². The van der Waals surface area contributed by atoms with Crippen molar-refractivity contribution < 1.29 is 40.9 Å². The molecule has 4 aromatic carbocycles. The summed E-state index contributed by atoms with van der Waals surface area (Å²) in [4.78, 5) is 0. The predicted molar refractivity (Wildman–Crippen MR) is 158 cm³/mol. The minimum Gasteiger partial charge on any atom is -0.507 e. The van der Waals surface area contributed by atoms with Crippen LogP contribution < -0.4 is 30.7 Å². The first kappa shape index (κ1) is 25.8. The first-order chi connectivity index (χ1) is 15.8. The Hall–Kier alpha value is -0.270. The van der Waals surface area contributed by atoms with Gasteiger partial charge in [-0.25, -0.2) is 0 Å². The average molecular weight is 1000 g/mol. The van der Waals surface area contributed by atoms with Crippen molar-refractivity contribution in [1.82, 2.24) is 0 Å². The van der Waals surface area contributed by atoms with Crippen molar-refractivity contribution in [3.63, 3.8) is 0 Å². The molecule has 0 atom stereocenters. The Bertz CT molecular complexity index is 1190. The first-order valence-electron chi connectivity index (χ1n) is 9.35. The molecule has 0 bridgehead atoms. The van der Waals surface area contributed by atoms with Crippen molar-refractivity contribution in [3.8, 4) is 34.5 Å². The number of aromatic hydroxyl groups is 2. The third kappa shape index (κ3) is 6.91. The molecule has 0 saturated heterocycles. The molecule has 0 spiro atoms. The monoisotopic (exact) mass is 1000 g/mol. The maximum atomic E-state index is 9.81. The van der Waals surface area contributed by atoms with Gasteiger partial charge in [-0.05, 0) is 163 Å². The molecule has 2 N–H and O–H groups in total. The normalized spacial score (nSPS) is 10.8. The molecule has 0 saturated carbocycles. The zero-order valence-electron chi connectivity index (χ0n) is 16.5. The zero-order valence-corrected chi connectivity index (χ0v) is 27.3. The van der Waals surface area contributed by atoms with Crippen LogP contribution in [0.25, 0.3) is 0 Å². The van der Waals surface area contributed by atoms with Gasteiger partial charge in [0.15, 0.2) is 7.14 Å². The lowest BCUT2D eigenvalue weighted by Crippen LogP contribution is -3.61. The Balaban J connectivity index is 1.40. The van der Waals surface area contributed by atoms with Gasteiger partial charge in [0.2, 0.25) is 0 Å². The molecule has 4 nitrogen and oxygen atoms in total. The fourth-order valence-corrected chi connectivity index (χ4v) is 6.86. The SMILES string of the molecule is Oc1cc(I)c(Oc2ccc([I+]c3ccc(Oc4cc(I)c(O)cc4I)cc3)cc2)cc1I. The highest BCUT2D eigenvalue weighted by atomic mass is 127. The largest absolute Gasteiger partial charge is 0.507 e. The molecule has 33 heavy (non-hydrogen) atoms. The van der Waals surface area contributed by atoms with Crippen LogP contribution >= 0.6 is 90.4 Å². The van der Waals surface area contributed by atoms with E-state index in [1.165, 1.54) is 7.14 Å². The molecule has 0 aliphatic rings. The van der Waals surface area contributed by atoms with E-state index >= 15 is 0 Å². The van der Waals surface area contributed by atoms with E-state index in [0.29, 0.717) is 0 Å². The van der Waals surface area contributed by atoms with E-state index in [-0.39, 0.29) is 32.7 Å². The molecule has 0 aromatic heterocycles. The highest BCUT2D eigenvalue weighted by Crippen LogP contribution is 2.34. The topological polar surface area (TPSA) is 58.9 Å². The van der Waals surface area contributed by atoms with E-state index in [4.69, 9.17) is 9.47 Å². The second-order valence-corrected chi connectivity index (χ2v) is 14.4. The molecule has 9 heteroatoms. The maximum Gasteiger partial charge on any atom is 0.357 e. The minimum absolute atomic E-state index is 0.261. The van der Waals surface area contributed by atoms with E-state index in [2.05, 4.69) is 115 Å². The van der Waals surface area contributed by atoms with Crippen LogP contribution in [0.15, 0.2) is 72.8 Å². The zero-order chi connectivity index (χ0) is 23.5. The Labute approximate surface area is 256 Å². The van der Waals surface area contributed by atoms with E-state index in [0.717, 1.165) is 37.3 Å². The summed E-state index contributed by atoms with van der Waals surface area (Å²) in [6, 6.07) is 23.4. The van der Waals surface area contributed by atoms with Crippen LogP contribution in [0.5, 0.6) is 34.5 Å². The lowest BCUT2D eigenvalue weighted by Gasteiger charge is -2.09. The second-order valence-electron chi connectivity index (χ2n) is 6.67. The summed E-state index contributed by atoms with van der Waals surface area (Å²) in [6.45, 7) is 0. The molecule has 0 unspecified atom stereocenters. The van der Waals surface area contributed by atoms with Gasteiger partial charge in [-0.1, -0.05) is 0 Å². The molecular formula is C24H14I5O4+. The summed E-state index contributed by atoms with van der Waals surface area (Å²) in [6.07, 6.45) is 0. The summed E-state index contributed by atoms with van der Waals surface area (Å²) in [5, 5.41) is 19.6. The molecule has 168 valence electrons. The number of rotatable bonds is 6. The standard InChI is InChI=1S/C24H13I5O4/c25-17-11-23(19(27)9-21(17)30)32-15-5-1-13(2-6-15)29-14-3-7-16(8-4-14)33-24-12-18(26)22(31)10-20(24)28/h1-12H,(H-,30,31)/p+1. The Morgan fingerprint density at radius 1 is 0.515 bits per heavy atom. The molecule has 0 radical (unpaired) electrons. The van der Waals surface area contributed by atoms with E-state index in [1.807, 2.05) is 36.4 Å². The third-order valence-electron chi connectivity index (χ3n) is 4.30. The summed E-state index contributed by atoms with van der Waals surface area (Å²) in [5.74, 6) is 3.52. The van der Waals surface area contributed by atoms with Crippen LogP contribution in [0.2, 0.25) is 0 Å². The van der Waals surface area contributed by atoms with E-state index in [1.54, 1.807) is 12.1 Å². The number of benzene rings is 4. The van der Waals surface area contributed by atoms with Crippen LogP contribution in [0, 0.1) is 21.4 Å². The minimum atomic E-state index is -0.333. The number of phenols is 2. The number of hydrogen-bond acceptors (Lipinski definition) is 4. The molecular weight excluding hydrogens is 987 g/mol. The van der Waals surface area contributed by atoms with Gasteiger partial charge in [0.25, 0.3) is 0 Å². The average Bonchev–Trinajstić information content (AvgIpc) is 2.78. The second kappa shape index (κ2) is 11.6. The van der Waals surface area contributed by atoms with Crippen molar-refractivity contribution in [2.45, 2.75) is 0 Å². The molecule has 0 fully saturated rings. The van der Waals surface area contributed by atoms with Crippen molar-refractivity contribution in [3.05, 3.63) is 94.2 Å². The van der Waals surface area contributed by atoms with E-state index in [9.17, 15) is 10.2 Å². The van der Waals surface area contributed by atoms with Gasteiger partial charge in [0.05, 0.1) is 14.3 Å². The van der Waals surface area contributed by atoms with Crippen LogP contribution in [-0.2, 0) is 0 Å². The fourth-order valence-electron chi connectivity index (χ4n) is 2.70. The highest BCUT2D eigenvalue weighted by Gasteiger charge is 2.17. The molecule has 0 aliphatic carbocycles. The highest BCUT2D eigenvalue weighted by molar-refractivity contribution is 14.1. The van der Waals surface area contributed by atoms with Gasteiger partial charge < -0.3 is 19.7 Å². The summed E-state index contributed by atoms with van der Waals surface area (Å²) < 4.78 is 17.8. The van der Waals surface area contributed by atoms with Crippen molar-refractivity contribution >= 4 is 90.4 Å². The third-order valence-corrected chi connectivity index (χ3v) is 10.4. The van der Waals surface area contributed by atoms with Crippen molar-refractivity contribution in [2.24, 2.45) is 0 Å². The first-order valence-corrected chi connectivity index (χ1v) is 15.8. The molecule has 0 heterocycles. The molecule has 0 amide bonds. The van der Waals surface area contributed by atoms with E-state index < -0.39 is 0 Å². The fraction of sp³-hybridized carbons (Fsp3) is 0. The van der Waals surface area contributed by atoms with Gasteiger partial charge in [-0.15, -0.1) is 0 Å². The molecule has 4 aromatic rings. The number of hydrogen-bond donors (Lipinski definition) is 2. The number of halogens is 5. The van der Waals surface area contributed by atoms with Crippen LogP contribution in [-0.4, -0.2) is 10.2 Å². The Kier molecular flexibility index (Phi) is 9.11. The van der Waals surface area contributed by atoms with Crippen molar-refractivity contribution in [2.75, 3.05) is 0 Å². The molecule has 0 aliphatic heterocycles. The predicted octanol–water partition coefficient (Wildman–Crippen LogP) is 5.23. The maximum absolute atomic E-state index is 9.81. The van der Waals surface area contributed by atoms with Crippen LogP contribution in [0.4, 0.5) is 0 Å². The van der Waals surface area contributed by atoms with Gasteiger partial charge in [0.1, 0.15) is 34.5 Å². The van der Waals surface area contributed by atoms with Gasteiger partial charge in [-0.3, -0.25) is 0 Å². The summed E-state index contributed by atoms with van der Waals surface area (Å²) in [5.41, 5.74) is 0. The van der Waals surface area contributed by atoms with Gasteiger partial charge in [-0.2, -0.15) is 0 Å². The lowest BCUT2D eigenvalue weighted by atomic mass is 10.3. The lowest BCUT2D eigenvalue weighted by molar-refractivity contribution is -0.597. The quantitative estimate of drug-likeness (QED) is 0.261.